The number of carbonyl (C=O) groups excluding carboxylic acids is 2. The molecule has 0 spiro atoms. The Bertz CT molecular complexity index is 1710. The first-order valence-electron chi connectivity index (χ1n) is 14.9. The van der Waals surface area contributed by atoms with Gasteiger partial charge in [0.1, 0.15) is 11.8 Å². The van der Waals surface area contributed by atoms with Gasteiger partial charge in [0.05, 0.1) is 7.11 Å². The Labute approximate surface area is 253 Å². The Kier molecular flexibility index (Phi) is 7.81. The van der Waals surface area contributed by atoms with Crippen LogP contribution in [0.15, 0.2) is 48.5 Å². The van der Waals surface area contributed by atoms with Gasteiger partial charge in [-0.3, -0.25) is 14.5 Å². The molecule has 4 aromatic rings. The number of anilines is 1. The van der Waals surface area contributed by atoms with E-state index in [0.717, 1.165) is 41.3 Å². The maximum absolute atomic E-state index is 14.6. The first-order chi connectivity index (χ1) is 21.0. The van der Waals surface area contributed by atoms with Crippen LogP contribution in [0.5, 0.6) is 5.75 Å². The minimum atomic E-state index is -4.69. The van der Waals surface area contributed by atoms with Crippen molar-refractivity contribution in [2.24, 2.45) is 0 Å². The van der Waals surface area contributed by atoms with E-state index in [1.165, 1.54) is 18.1 Å². The predicted molar refractivity (Wildman–Crippen MR) is 159 cm³/mol. The second-order valence-corrected chi connectivity index (χ2v) is 11.7. The van der Waals surface area contributed by atoms with Crippen molar-refractivity contribution in [3.8, 4) is 5.75 Å². The number of benzene rings is 2. The molecular weight excluding hydrogens is 571 g/mol. The average Bonchev–Trinajstić information content (AvgIpc) is 3.74. The van der Waals surface area contributed by atoms with E-state index >= 15 is 0 Å². The zero-order valence-electron chi connectivity index (χ0n) is 24.9. The summed E-state index contributed by atoms with van der Waals surface area (Å²) in [6, 6.07) is 12.5. The molecule has 2 aliphatic rings. The van der Waals surface area contributed by atoms with Crippen LogP contribution >= 0.6 is 0 Å². The summed E-state index contributed by atoms with van der Waals surface area (Å²) in [4.78, 5) is 34.5. The number of fused-ring (bicyclic) bond motifs is 2. The van der Waals surface area contributed by atoms with Crippen molar-refractivity contribution in [2.75, 3.05) is 12.0 Å². The zero-order valence-corrected chi connectivity index (χ0v) is 24.9. The highest BCUT2D eigenvalue weighted by molar-refractivity contribution is 6.09. The second-order valence-electron chi connectivity index (χ2n) is 11.7. The van der Waals surface area contributed by atoms with E-state index < -0.39 is 23.8 Å². The molecule has 2 aromatic carbocycles. The molecule has 0 unspecified atom stereocenters. The van der Waals surface area contributed by atoms with Crippen LogP contribution in [0.3, 0.4) is 0 Å². The summed E-state index contributed by atoms with van der Waals surface area (Å²) < 4.78 is 49.1. The molecule has 11 heteroatoms. The van der Waals surface area contributed by atoms with E-state index in [9.17, 15) is 22.8 Å². The molecule has 6 rings (SSSR count). The fraction of sp³-hybridized carbons (Fsp3) is 0.394. The Balaban J connectivity index is 1.52. The lowest BCUT2D eigenvalue weighted by Crippen LogP contribution is -2.46. The lowest BCUT2D eigenvalue weighted by Gasteiger charge is -2.32. The number of hydrogen-bond acceptors (Lipinski definition) is 5. The molecule has 1 N–H and O–H groups in total. The van der Waals surface area contributed by atoms with E-state index in [1.54, 1.807) is 36.4 Å². The van der Waals surface area contributed by atoms with E-state index in [2.05, 4.69) is 15.4 Å². The van der Waals surface area contributed by atoms with Crippen LogP contribution in [-0.2, 0) is 23.8 Å². The maximum Gasteiger partial charge on any atom is 0.433 e. The fourth-order valence-electron chi connectivity index (χ4n) is 6.53. The largest absolute Gasteiger partial charge is 0.497 e. The van der Waals surface area contributed by atoms with Crippen LogP contribution < -0.4 is 15.0 Å². The highest BCUT2D eigenvalue weighted by Crippen LogP contribution is 2.38. The van der Waals surface area contributed by atoms with Gasteiger partial charge in [-0.05, 0) is 86.9 Å². The van der Waals surface area contributed by atoms with Gasteiger partial charge in [0.25, 0.3) is 5.91 Å². The first kappa shape index (κ1) is 29.7. The number of nitrogens with zero attached hydrogens (tertiary/aromatic N) is 4. The molecule has 2 heterocycles. The number of halogens is 3. The zero-order chi connectivity index (χ0) is 31.2. The third-order valence-electron chi connectivity index (χ3n) is 8.46. The fourth-order valence-corrected chi connectivity index (χ4v) is 6.53. The molecule has 1 atom stereocenters. The van der Waals surface area contributed by atoms with Crippen molar-refractivity contribution in [1.82, 2.24) is 19.9 Å². The molecule has 1 saturated carbocycles. The van der Waals surface area contributed by atoms with Gasteiger partial charge in [-0.1, -0.05) is 31.0 Å². The summed E-state index contributed by atoms with van der Waals surface area (Å²) in [5.74, 6) is -0.519. The summed E-state index contributed by atoms with van der Waals surface area (Å²) in [5, 5.41) is 7.33. The van der Waals surface area contributed by atoms with Crippen LogP contribution in [0.2, 0.25) is 0 Å². The normalized spacial score (nSPS) is 15.8. The van der Waals surface area contributed by atoms with E-state index in [4.69, 9.17) is 4.74 Å². The number of aryl methyl sites for hydroxylation is 3. The number of rotatable bonds is 7. The summed E-state index contributed by atoms with van der Waals surface area (Å²) in [6.45, 7) is 3.76. The molecular formula is C33H34F3N5O3. The first-order valence-corrected chi connectivity index (χ1v) is 14.9. The quantitative estimate of drug-likeness (QED) is 0.267. The van der Waals surface area contributed by atoms with Gasteiger partial charge in [0.2, 0.25) is 5.91 Å². The average molecular weight is 606 g/mol. The van der Waals surface area contributed by atoms with Crippen molar-refractivity contribution < 1.29 is 27.5 Å². The predicted octanol–water partition coefficient (Wildman–Crippen LogP) is 6.31. The molecule has 0 aliphatic heterocycles. The Hall–Kier alpha value is -4.41. The molecule has 2 aromatic heterocycles. The van der Waals surface area contributed by atoms with Crippen LogP contribution in [0.1, 0.15) is 82.3 Å². The molecule has 0 saturated heterocycles. The Morgan fingerprint density at radius 3 is 2.32 bits per heavy atom. The van der Waals surface area contributed by atoms with Gasteiger partial charge in [0, 0.05) is 29.1 Å². The second kappa shape index (κ2) is 11.6. The van der Waals surface area contributed by atoms with Crippen LogP contribution in [0, 0.1) is 13.8 Å². The van der Waals surface area contributed by atoms with Crippen molar-refractivity contribution in [3.63, 3.8) is 0 Å². The molecule has 1 fully saturated rings. The molecule has 8 nitrogen and oxygen atoms in total. The minimum Gasteiger partial charge on any atom is -0.497 e. The summed E-state index contributed by atoms with van der Waals surface area (Å²) >= 11 is 0. The number of ether oxygens (including phenoxy) is 1. The van der Waals surface area contributed by atoms with E-state index in [-0.39, 0.29) is 35.3 Å². The SMILES string of the molecule is COc1ccc([C@H](C(=O)NC2CCCC2)N(C(=O)c2cc3nc4c(c(C(F)(F)F)n3n2)CCC4)c2cc(C)cc(C)c2)cc1. The minimum absolute atomic E-state index is 0.0319. The Morgan fingerprint density at radius 2 is 1.68 bits per heavy atom. The third-order valence-corrected chi connectivity index (χ3v) is 8.46. The summed E-state index contributed by atoms with van der Waals surface area (Å²) in [6.07, 6.45) is 0.218. The lowest BCUT2D eigenvalue weighted by atomic mass is 10.0. The number of carbonyl (C=O) groups is 2. The number of amides is 2. The standard InChI is InChI=1S/C33H34F3N5O3/c1-19-15-20(2)17-23(16-19)40(29(21-11-13-24(44-3)14-12-21)31(42)37-22-7-4-5-8-22)32(43)27-18-28-38-26-10-6-9-25(26)30(33(34,35)36)41(28)39-27/h11-18,22,29H,4-10H2,1-3H3,(H,37,42)/t29-/m1/s1. The van der Waals surface area contributed by atoms with Gasteiger partial charge < -0.3 is 10.1 Å². The van der Waals surface area contributed by atoms with Crippen molar-refractivity contribution in [2.45, 2.75) is 77.1 Å². The topological polar surface area (TPSA) is 88.8 Å². The van der Waals surface area contributed by atoms with Gasteiger partial charge in [-0.25, -0.2) is 9.50 Å². The van der Waals surface area contributed by atoms with Crippen molar-refractivity contribution in [1.29, 1.82) is 0 Å². The molecule has 44 heavy (non-hydrogen) atoms. The third kappa shape index (κ3) is 5.62. The number of hydrogen-bond donors (Lipinski definition) is 1. The smallest absolute Gasteiger partial charge is 0.433 e. The monoisotopic (exact) mass is 605 g/mol. The van der Waals surface area contributed by atoms with Gasteiger partial charge in [0.15, 0.2) is 17.0 Å². The number of methoxy groups -OCH3 is 1. The highest BCUT2D eigenvalue weighted by Gasteiger charge is 2.41. The van der Waals surface area contributed by atoms with Crippen LogP contribution in [0.25, 0.3) is 5.65 Å². The maximum atomic E-state index is 14.6. The van der Waals surface area contributed by atoms with E-state index in [0.29, 0.717) is 35.5 Å². The van der Waals surface area contributed by atoms with Crippen molar-refractivity contribution >= 4 is 23.1 Å². The summed E-state index contributed by atoms with van der Waals surface area (Å²) in [7, 11) is 1.53. The highest BCUT2D eigenvalue weighted by atomic mass is 19.4. The number of alkyl halides is 3. The lowest BCUT2D eigenvalue weighted by molar-refractivity contribution is -0.143. The van der Waals surface area contributed by atoms with Gasteiger partial charge >= 0.3 is 6.18 Å². The molecule has 2 aliphatic carbocycles. The van der Waals surface area contributed by atoms with Gasteiger partial charge in [-0.15, -0.1) is 0 Å². The van der Waals surface area contributed by atoms with Crippen LogP contribution in [0.4, 0.5) is 18.9 Å². The van der Waals surface area contributed by atoms with Crippen LogP contribution in [-0.4, -0.2) is 39.6 Å². The molecule has 2 amide bonds. The Morgan fingerprint density at radius 1 is 1.00 bits per heavy atom. The number of aromatic nitrogens is 3. The number of nitrogens with one attached hydrogen (secondary N) is 1. The molecule has 0 radical (unpaired) electrons. The van der Waals surface area contributed by atoms with Gasteiger partial charge in [-0.2, -0.15) is 18.3 Å². The summed E-state index contributed by atoms with van der Waals surface area (Å²) in [5.41, 5.74) is 1.95. The molecule has 0 bridgehead atoms. The van der Waals surface area contributed by atoms with E-state index in [1.807, 2.05) is 19.9 Å². The van der Waals surface area contributed by atoms with Crippen molar-refractivity contribution in [3.05, 3.63) is 87.9 Å². The molecule has 230 valence electrons.